The molecule has 0 aliphatic carbocycles. The van der Waals surface area contributed by atoms with Crippen molar-refractivity contribution < 1.29 is 9.59 Å². The maximum Gasteiger partial charge on any atom is 0.230 e. The van der Waals surface area contributed by atoms with Crippen LogP contribution in [-0.2, 0) is 9.59 Å². The van der Waals surface area contributed by atoms with Crippen LogP contribution < -0.4 is 5.32 Å². The summed E-state index contributed by atoms with van der Waals surface area (Å²) in [4.78, 5) is 21.7. The molecule has 0 aliphatic rings. The van der Waals surface area contributed by atoms with Gasteiger partial charge in [0.25, 0.3) is 0 Å². The van der Waals surface area contributed by atoms with Gasteiger partial charge in [-0.2, -0.15) is 0 Å². The molecule has 14 heavy (non-hydrogen) atoms. The second-order valence-corrected chi connectivity index (χ2v) is 3.75. The van der Waals surface area contributed by atoms with Crippen molar-refractivity contribution in [1.82, 2.24) is 5.32 Å². The fraction of sp³-hybridized carbons (Fsp3) is 0.800. The largest absolute Gasteiger partial charge is 0.355 e. The van der Waals surface area contributed by atoms with Crippen LogP contribution in [0.1, 0.15) is 39.0 Å². The number of hydrogen-bond acceptors (Lipinski definition) is 2. The number of halogens is 1. The van der Waals surface area contributed by atoms with Gasteiger partial charge in [0.1, 0.15) is 5.78 Å². The summed E-state index contributed by atoms with van der Waals surface area (Å²) < 4.78 is 0. The monoisotopic (exact) mass is 263 g/mol. The minimum atomic E-state index is 0.0228. The first kappa shape index (κ1) is 13.6. The lowest BCUT2D eigenvalue weighted by molar-refractivity contribution is -0.119. The molecular weight excluding hydrogens is 246 g/mol. The van der Waals surface area contributed by atoms with Gasteiger partial charge in [0.05, 0.1) is 5.33 Å². The van der Waals surface area contributed by atoms with E-state index in [0.717, 1.165) is 19.3 Å². The minimum absolute atomic E-state index is 0.0228. The van der Waals surface area contributed by atoms with Crippen molar-refractivity contribution in [2.75, 3.05) is 11.9 Å². The molecule has 0 aromatic heterocycles. The molecule has 0 atom stereocenters. The number of alkyl halides is 1. The van der Waals surface area contributed by atoms with Crippen molar-refractivity contribution in [3.63, 3.8) is 0 Å². The highest BCUT2D eigenvalue weighted by molar-refractivity contribution is 9.09. The second kappa shape index (κ2) is 9.19. The van der Waals surface area contributed by atoms with E-state index >= 15 is 0 Å². The molecule has 0 unspecified atom stereocenters. The zero-order chi connectivity index (χ0) is 10.8. The Bertz CT molecular complexity index is 163. The molecule has 0 saturated heterocycles. The Morgan fingerprint density at radius 2 is 1.93 bits per heavy atom. The molecule has 0 radical (unpaired) electrons. The molecule has 1 amide bonds. The number of Topliss-reactive ketones (excluding diaryl/α,β-unsaturated/α-hetero) is 1. The summed E-state index contributed by atoms with van der Waals surface area (Å²) in [5.74, 6) is 0.351. The molecule has 0 aromatic rings. The van der Waals surface area contributed by atoms with E-state index in [0.29, 0.717) is 30.5 Å². The quantitative estimate of drug-likeness (QED) is 0.538. The molecule has 0 rings (SSSR count). The molecule has 0 aliphatic heterocycles. The third-order valence-electron chi connectivity index (χ3n) is 1.97. The summed E-state index contributed by atoms with van der Waals surface area (Å²) in [6, 6.07) is 0. The molecular formula is C10H18BrNO2. The normalized spacial score (nSPS) is 9.86. The fourth-order valence-electron chi connectivity index (χ4n) is 1.08. The Morgan fingerprint density at radius 1 is 1.21 bits per heavy atom. The van der Waals surface area contributed by atoms with Crippen molar-refractivity contribution in [2.24, 2.45) is 0 Å². The van der Waals surface area contributed by atoms with Gasteiger partial charge in [0, 0.05) is 19.4 Å². The molecule has 82 valence electrons. The van der Waals surface area contributed by atoms with Crippen molar-refractivity contribution >= 4 is 27.6 Å². The minimum Gasteiger partial charge on any atom is -0.355 e. The van der Waals surface area contributed by atoms with Gasteiger partial charge in [-0.1, -0.05) is 29.3 Å². The third kappa shape index (κ3) is 8.23. The zero-order valence-electron chi connectivity index (χ0n) is 8.64. The van der Waals surface area contributed by atoms with Crippen molar-refractivity contribution in [3.05, 3.63) is 0 Å². The topological polar surface area (TPSA) is 46.2 Å². The number of unbranched alkanes of at least 4 members (excludes halogenated alkanes) is 2. The zero-order valence-corrected chi connectivity index (χ0v) is 10.2. The maximum atomic E-state index is 10.9. The molecule has 0 heterocycles. The van der Waals surface area contributed by atoms with Crippen LogP contribution in [0.25, 0.3) is 0 Å². The maximum absolute atomic E-state index is 10.9. The molecule has 0 spiro atoms. The van der Waals surface area contributed by atoms with Crippen molar-refractivity contribution in [3.8, 4) is 0 Å². The number of hydrogen-bond donors (Lipinski definition) is 1. The Kier molecular flexibility index (Phi) is 8.94. The van der Waals surface area contributed by atoms with E-state index in [1.54, 1.807) is 0 Å². The Balaban J connectivity index is 3.14. The number of carbonyl (C=O) groups is 2. The van der Waals surface area contributed by atoms with E-state index in [2.05, 4.69) is 21.2 Å². The molecule has 0 aromatic carbocycles. The van der Waals surface area contributed by atoms with Gasteiger partial charge >= 0.3 is 0 Å². The van der Waals surface area contributed by atoms with E-state index in [1.807, 2.05) is 6.92 Å². The number of amides is 1. The summed E-state index contributed by atoms with van der Waals surface area (Å²) >= 11 is 3.07. The number of rotatable bonds is 8. The Hall–Kier alpha value is -0.380. The first-order valence-corrected chi connectivity index (χ1v) is 6.17. The number of ketones is 1. The van der Waals surface area contributed by atoms with Crippen LogP contribution in [0, 0.1) is 0 Å². The van der Waals surface area contributed by atoms with Gasteiger partial charge in [-0.25, -0.2) is 0 Å². The van der Waals surface area contributed by atoms with Gasteiger partial charge in [-0.3, -0.25) is 9.59 Å². The summed E-state index contributed by atoms with van der Waals surface area (Å²) in [6.45, 7) is 2.60. The molecule has 1 N–H and O–H groups in total. The van der Waals surface area contributed by atoms with E-state index < -0.39 is 0 Å². The molecule has 0 fully saturated rings. The predicted octanol–water partition coefficient (Wildman–Crippen LogP) is 2.04. The van der Waals surface area contributed by atoms with Crippen LogP contribution >= 0.6 is 15.9 Å². The summed E-state index contributed by atoms with van der Waals surface area (Å²) in [7, 11) is 0. The Morgan fingerprint density at radius 3 is 2.50 bits per heavy atom. The highest BCUT2D eigenvalue weighted by Crippen LogP contribution is 2.01. The van der Waals surface area contributed by atoms with E-state index in [1.165, 1.54) is 0 Å². The molecule has 0 bridgehead atoms. The van der Waals surface area contributed by atoms with Crippen LogP contribution in [0.4, 0.5) is 0 Å². The van der Waals surface area contributed by atoms with E-state index in [-0.39, 0.29) is 5.91 Å². The Labute approximate surface area is 93.8 Å². The molecule has 4 heteroatoms. The summed E-state index contributed by atoms with van der Waals surface area (Å²) in [5, 5.41) is 3.13. The average Bonchev–Trinajstić information content (AvgIpc) is 2.22. The fourth-order valence-corrected chi connectivity index (χ4v) is 1.27. The average molecular weight is 264 g/mol. The third-order valence-corrected chi connectivity index (χ3v) is 2.48. The predicted molar refractivity (Wildman–Crippen MR) is 60.6 cm³/mol. The van der Waals surface area contributed by atoms with Gasteiger partial charge in [-0.15, -0.1) is 0 Å². The van der Waals surface area contributed by atoms with Gasteiger partial charge in [0.2, 0.25) is 5.91 Å². The second-order valence-electron chi connectivity index (χ2n) is 3.19. The van der Waals surface area contributed by atoms with Gasteiger partial charge in [0.15, 0.2) is 0 Å². The summed E-state index contributed by atoms with van der Waals surface area (Å²) in [5.41, 5.74) is 0. The first-order valence-electron chi connectivity index (χ1n) is 5.05. The first-order chi connectivity index (χ1) is 6.70. The van der Waals surface area contributed by atoms with Crippen LogP contribution in [0.2, 0.25) is 0 Å². The SMILES string of the molecule is CCC(=O)CCCCCNC(=O)CBr. The smallest absolute Gasteiger partial charge is 0.230 e. The van der Waals surface area contributed by atoms with Crippen LogP contribution in [-0.4, -0.2) is 23.6 Å². The van der Waals surface area contributed by atoms with Crippen LogP contribution in [0.15, 0.2) is 0 Å². The lowest BCUT2D eigenvalue weighted by atomic mass is 10.1. The van der Waals surface area contributed by atoms with E-state index in [9.17, 15) is 9.59 Å². The molecule has 3 nitrogen and oxygen atoms in total. The van der Waals surface area contributed by atoms with Crippen molar-refractivity contribution in [1.29, 1.82) is 0 Å². The number of nitrogens with one attached hydrogen (secondary N) is 1. The van der Waals surface area contributed by atoms with Crippen LogP contribution in [0.5, 0.6) is 0 Å². The lowest BCUT2D eigenvalue weighted by Gasteiger charge is -2.02. The highest BCUT2D eigenvalue weighted by Gasteiger charge is 1.98. The standard InChI is InChI=1S/C10H18BrNO2/c1-2-9(13)6-4-3-5-7-12-10(14)8-11/h2-8H2,1H3,(H,12,14). The molecule has 0 saturated carbocycles. The highest BCUT2D eigenvalue weighted by atomic mass is 79.9. The van der Waals surface area contributed by atoms with E-state index in [4.69, 9.17) is 0 Å². The van der Waals surface area contributed by atoms with Gasteiger partial charge in [-0.05, 0) is 12.8 Å². The van der Waals surface area contributed by atoms with Crippen LogP contribution in [0.3, 0.4) is 0 Å². The lowest BCUT2D eigenvalue weighted by Crippen LogP contribution is -2.25. The number of carbonyl (C=O) groups excluding carboxylic acids is 2. The summed E-state index contributed by atoms with van der Waals surface area (Å²) in [6.07, 6.45) is 4.23. The van der Waals surface area contributed by atoms with Gasteiger partial charge < -0.3 is 5.32 Å². The van der Waals surface area contributed by atoms with Crippen molar-refractivity contribution in [2.45, 2.75) is 39.0 Å².